The summed E-state index contributed by atoms with van der Waals surface area (Å²) in [4.78, 5) is 59.9. The summed E-state index contributed by atoms with van der Waals surface area (Å²) in [6.45, 7) is 9.52. The first-order valence-corrected chi connectivity index (χ1v) is 18.1. The molecule has 3 aliphatic heterocycles. The number of ether oxygens (including phenoxy) is 1. The molecule has 11 nitrogen and oxygen atoms in total. The summed E-state index contributed by atoms with van der Waals surface area (Å²) in [7, 11) is -4.22. The van der Waals surface area contributed by atoms with Gasteiger partial charge in [-0.05, 0) is 113 Å². The van der Waals surface area contributed by atoms with Crippen molar-refractivity contribution in [1.29, 1.82) is 0 Å². The Labute approximate surface area is 286 Å². The lowest BCUT2D eigenvalue weighted by Gasteiger charge is -2.36. The van der Waals surface area contributed by atoms with E-state index < -0.39 is 10.0 Å². The summed E-state index contributed by atoms with van der Waals surface area (Å²) >= 11 is 0. The van der Waals surface area contributed by atoms with E-state index in [-0.39, 0.29) is 66.8 Å². The van der Waals surface area contributed by atoms with Crippen LogP contribution in [-0.4, -0.2) is 78.2 Å². The molecule has 49 heavy (non-hydrogen) atoms. The maximum absolute atomic E-state index is 14.5. The number of amides is 4. The van der Waals surface area contributed by atoms with E-state index in [9.17, 15) is 27.6 Å². The fraction of sp³-hybridized carbons (Fsp3) is 0.405. The van der Waals surface area contributed by atoms with E-state index in [0.717, 1.165) is 32.7 Å². The van der Waals surface area contributed by atoms with Crippen molar-refractivity contribution in [3.63, 3.8) is 0 Å². The zero-order chi connectivity index (χ0) is 35.2. The fourth-order valence-electron chi connectivity index (χ4n) is 6.88. The van der Waals surface area contributed by atoms with Crippen molar-refractivity contribution < 1.29 is 37.2 Å². The number of hydroxylamine groups is 1. The summed E-state index contributed by atoms with van der Waals surface area (Å²) in [6, 6.07) is 13.3. The number of rotatable bonds is 12. The number of carbonyl (C=O) groups is 4. The zero-order valence-electron chi connectivity index (χ0n) is 28.5. The van der Waals surface area contributed by atoms with Crippen LogP contribution in [0.25, 0.3) is 0 Å². The summed E-state index contributed by atoms with van der Waals surface area (Å²) < 4.78 is 36.2. The highest BCUT2D eigenvalue weighted by atomic mass is 32.2. The van der Waals surface area contributed by atoms with Gasteiger partial charge in [0.2, 0.25) is 0 Å². The van der Waals surface area contributed by atoms with Gasteiger partial charge in [-0.25, -0.2) is 8.42 Å². The largest absolute Gasteiger partial charge is 0.487 e. The van der Waals surface area contributed by atoms with Gasteiger partial charge >= 0.3 is 0 Å². The van der Waals surface area contributed by atoms with E-state index in [1.807, 2.05) is 20.8 Å². The maximum atomic E-state index is 14.5. The van der Waals surface area contributed by atoms with Gasteiger partial charge in [0.1, 0.15) is 11.4 Å². The van der Waals surface area contributed by atoms with Gasteiger partial charge in [-0.2, -0.15) is 0 Å². The average Bonchev–Trinajstić information content (AvgIpc) is 3.46. The number of unbranched alkanes of at least 4 members (excludes halogenated alkanes) is 1. The van der Waals surface area contributed by atoms with Crippen LogP contribution in [0.4, 0.5) is 0 Å². The minimum Gasteiger partial charge on any atom is -0.487 e. The number of carbonyl (C=O) groups excluding carboxylic acids is 4. The van der Waals surface area contributed by atoms with Crippen LogP contribution in [0.5, 0.6) is 5.75 Å². The van der Waals surface area contributed by atoms with Gasteiger partial charge in [0, 0.05) is 19.6 Å². The third kappa shape index (κ3) is 6.17. The van der Waals surface area contributed by atoms with Crippen molar-refractivity contribution in [2.75, 3.05) is 26.2 Å². The van der Waals surface area contributed by atoms with Gasteiger partial charge in [0.25, 0.3) is 33.7 Å². The molecule has 0 saturated heterocycles. The van der Waals surface area contributed by atoms with Crippen molar-refractivity contribution in [3.8, 4) is 5.75 Å². The maximum Gasteiger partial charge on any atom is 0.265 e. The van der Waals surface area contributed by atoms with Crippen LogP contribution in [0.15, 0.2) is 53.4 Å². The molecule has 3 heterocycles. The van der Waals surface area contributed by atoms with Crippen LogP contribution in [0, 0.1) is 20.8 Å². The minimum absolute atomic E-state index is 0.0446. The molecule has 4 amide bonds. The van der Waals surface area contributed by atoms with Crippen molar-refractivity contribution in [2.45, 2.75) is 77.2 Å². The number of hydrogen-bond acceptors (Lipinski definition) is 8. The third-order valence-electron chi connectivity index (χ3n) is 9.68. The molecule has 3 aromatic rings. The number of benzene rings is 3. The number of hydrogen-bond donors (Lipinski definition) is 0. The van der Waals surface area contributed by atoms with E-state index >= 15 is 0 Å². The monoisotopic (exact) mass is 687 g/mol. The highest BCUT2D eigenvalue weighted by molar-refractivity contribution is 7.89. The summed E-state index contributed by atoms with van der Waals surface area (Å²) in [6.07, 6.45) is 2.25. The second kappa shape index (κ2) is 13.1. The molecule has 3 aromatic carbocycles. The Kier molecular flexibility index (Phi) is 9.25. The second-order valence-corrected chi connectivity index (χ2v) is 15.2. The molecule has 0 N–H and O–H groups in total. The Hall–Kier alpha value is -4.39. The first kappa shape index (κ1) is 34.5. The quantitative estimate of drug-likeness (QED) is 0.141. The van der Waals surface area contributed by atoms with Crippen LogP contribution in [0.1, 0.15) is 103 Å². The molecular weight excluding hydrogens is 646 g/mol. The molecule has 0 saturated carbocycles. The normalized spacial score (nSPS) is 16.7. The van der Waals surface area contributed by atoms with E-state index in [2.05, 4.69) is 0 Å². The Morgan fingerprint density at radius 3 is 1.73 bits per heavy atom. The molecule has 12 heteroatoms. The van der Waals surface area contributed by atoms with Gasteiger partial charge < -0.3 is 4.74 Å². The van der Waals surface area contributed by atoms with E-state index in [1.54, 1.807) is 62.4 Å². The molecule has 258 valence electrons. The summed E-state index contributed by atoms with van der Waals surface area (Å²) in [5, 5.41) is 0. The fourth-order valence-corrected chi connectivity index (χ4v) is 8.71. The zero-order valence-corrected chi connectivity index (χ0v) is 29.3. The smallest absolute Gasteiger partial charge is 0.265 e. The van der Waals surface area contributed by atoms with Gasteiger partial charge in [-0.1, -0.05) is 28.7 Å². The predicted molar refractivity (Wildman–Crippen MR) is 181 cm³/mol. The van der Waals surface area contributed by atoms with Crippen molar-refractivity contribution in [1.82, 2.24) is 14.3 Å². The number of fused-ring (bicyclic) bond motifs is 3. The first-order valence-electron chi connectivity index (χ1n) is 16.6. The van der Waals surface area contributed by atoms with Crippen LogP contribution in [0.3, 0.4) is 0 Å². The van der Waals surface area contributed by atoms with Crippen molar-refractivity contribution in [2.24, 2.45) is 0 Å². The molecule has 0 aromatic heterocycles. The molecule has 3 aliphatic rings. The first-order chi connectivity index (χ1) is 23.2. The molecule has 0 bridgehead atoms. The third-order valence-corrected chi connectivity index (χ3v) is 11.6. The van der Waals surface area contributed by atoms with Crippen LogP contribution < -0.4 is 4.74 Å². The summed E-state index contributed by atoms with van der Waals surface area (Å²) in [5.41, 5.74) is 3.83. The standard InChI is InChI=1S/C37H41N3O8S/c1-23-24(2)32(25(3)26-17-18-37(4,5)48-31(23)26)49(45,46)40(21-11-10-19-38-33(41)27-13-6-7-14-28(27)34(38)42)47-22-12-20-39-35(43)29-15-8-9-16-30(29)36(39)44/h6-9,13-16H,10-12,17-22H2,1-5H3. The molecule has 0 radical (unpaired) electrons. The van der Waals surface area contributed by atoms with Crippen LogP contribution in [-0.2, 0) is 21.3 Å². The number of imide groups is 2. The molecule has 0 atom stereocenters. The van der Waals surface area contributed by atoms with Crippen LogP contribution >= 0.6 is 0 Å². The van der Waals surface area contributed by atoms with E-state index in [1.165, 1.54) is 4.90 Å². The molecule has 0 spiro atoms. The lowest BCUT2D eigenvalue weighted by molar-refractivity contribution is -0.0867. The Morgan fingerprint density at radius 1 is 0.735 bits per heavy atom. The SMILES string of the molecule is Cc1c(C)c(S(=O)(=O)N(CCCCN2C(=O)c3ccccc3C2=O)OCCCN2C(=O)c3ccccc3C2=O)c(C)c2c1OC(C)(C)CC2. The lowest BCUT2D eigenvalue weighted by Crippen LogP contribution is -2.37. The Balaban J connectivity index is 1.19. The molecular formula is C37H41N3O8S. The lowest BCUT2D eigenvalue weighted by atomic mass is 9.88. The van der Waals surface area contributed by atoms with Crippen molar-refractivity contribution in [3.05, 3.63) is 93.0 Å². The highest BCUT2D eigenvalue weighted by Gasteiger charge is 2.38. The van der Waals surface area contributed by atoms with Crippen molar-refractivity contribution >= 4 is 33.7 Å². The molecule has 0 aliphatic carbocycles. The van der Waals surface area contributed by atoms with Gasteiger partial charge in [-0.15, -0.1) is 0 Å². The topological polar surface area (TPSA) is 131 Å². The van der Waals surface area contributed by atoms with Gasteiger partial charge in [-0.3, -0.25) is 33.8 Å². The Bertz CT molecular complexity index is 1830. The van der Waals surface area contributed by atoms with Gasteiger partial charge in [0.15, 0.2) is 0 Å². The molecule has 0 fully saturated rings. The Morgan fingerprint density at radius 2 is 1.22 bits per heavy atom. The average molecular weight is 688 g/mol. The van der Waals surface area contributed by atoms with E-state index in [0.29, 0.717) is 52.6 Å². The number of sulfonamides is 1. The predicted octanol–water partition coefficient (Wildman–Crippen LogP) is 5.40. The highest BCUT2D eigenvalue weighted by Crippen LogP contribution is 2.43. The molecule has 6 rings (SSSR count). The summed E-state index contributed by atoms with van der Waals surface area (Å²) in [5.74, 6) is -0.787. The van der Waals surface area contributed by atoms with Crippen LogP contribution in [0.2, 0.25) is 0 Å². The van der Waals surface area contributed by atoms with Gasteiger partial charge in [0.05, 0.1) is 33.8 Å². The molecule has 0 unspecified atom stereocenters. The van der Waals surface area contributed by atoms with E-state index in [4.69, 9.17) is 9.57 Å². The number of nitrogens with zero attached hydrogens (tertiary/aromatic N) is 3. The second-order valence-electron chi connectivity index (χ2n) is 13.4. The minimum atomic E-state index is -4.22.